The van der Waals surface area contributed by atoms with Gasteiger partial charge in [0, 0.05) is 76.8 Å². The molecule has 2 saturated heterocycles. The Kier molecular flexibility index (Phi) is 35.8. The fourth-order valence-electron chi connectivity index (χ4n) is 8.31. The fourth-order valence-corrected chi connectivity index (χ4v) is 8.31. The second-order valence-electron chi connectivity index (χ2n) is 21.7. The summed E-state index contributed by atoms with van der Waals surface area (Å²) in [6.07, 6.45) is 9.51. The van der Waals surface area contributed by atoms with Crippen LogP contribution < -0.4 is 11.1 Å². The Hall–Kier alpha value is -2.41. The third-order valence-corrected chi connectivity index (χ3v) is 12.6. The number of nitrogens with one attached hydrogen (secondary N) is 1. The second-order valence-corrected chi connectivity index (χ2v) is 21.7. The van der Waals surface area contributed by atoms with Crippen LogP contribution in [0.1, 0.15) is 163 Å². The van der Waals surface area contributed by atoms with Gasteiger partial charge in [-0.1, -0.05) is 94.2 Å². The third-order valence-electron chi connectivity index (χ3n) is 12.6. The topological polar surface area (TPSA) is 192 Å². The molecule has 4 N–H and O–H groups in total. The number of carbonyl (C=O) groups excluding carboxylic acids is 5. The normalized spacial score (nSPS) is 18.8. The van der Waals surface area contributed by atoms with Crippen molar-refractivity contribution in [3.05, 3.63) is 23.3 Å². The Balaban J connectivity index is -0.000000507. The molecule has 0 spiro atoms. The minimum atomic E-state index is -0.677. The summed E-state index contributed by atoms with van der Waals surface area (Å²) in [4.78, 5) is 81.9. The van der Waals surface area contributed by atoms with Gasteiger partial charge in [-0.05, 0) is 118 Å². The van der Waals surface area contributed by atoms with Crippen molar-refractivity contribution >= 4 is 56.4 Å². The maximum absolute atomic E-state index is 13.7. The molecule has 0 aliphatic carbocycles. The fraction of sp³-hybridized carbons (Fsp3) is 0.808. The van der Waals surface area contributed by atoms with Gasteiger partial charge < -0.3 is 35.4 Å². The first-order chi connectivity index (χ1) is 31.8. The van der Waals surface area contributed by atoms with Crippen LogP contribution in [-0.4, -0.2) is 159 Å². The number of esters is 2. The Labute approximate surface area is 458 Å². The summed E-state index contributed by atoms with van der Waals surface area (Å²) in [5.41, 5.74) is 6.26. The number of hydrogen-bond donors (Lipinski definition) is 3. The summed E-state index contributed by atoms with van der Waals surface area (Å²) in [6, 6.07) is -1.60. The number of carboxylic acids is 1. The summed E-state index contributed by atoms with van der Waals surface area (Å²) >= 11 is 0. The molecule has 2 radical (unpaired) electrons. The van der Waals surface area contributed by atoms with Crippen LogP contribution in [0.25, 0.3) is 0 Å². The van der Waals surface area contributed by atoms with E-state index in [0.717, 1.165) is 51.6 Å². The van der Waals surface area contributed by atoms with Crippen LogP contribution in [0.15, 0.2) is 23.3 Å². The molecule has 2 rings (SSSR count). The van der Waals surface area contributed by atoms with Gasteiger partial charge >= 0.3 is 17.9 Å². The van der Waals surface area contributed by atoms with Crippen LogP contribution in [0.4, 0.5) is 0 Å². The number of likely N-dealkylation sites (N-methyl/N-ethyl adjacent to an activating group) is 2. The number of rotatable bonds is 17. The molecule has 2 aliphatic rings. The van der Waals surface area contributed by atoms with Gasteiger partial charge in [-0.25, -0.2) is 9.59 Å². The number of nitrogens with zero attached hydrogens (tertiary/aromatic N) is 4. The molecular formula is C52H98BClN6O9U. The Bertz CT molecular complexity index is 1670. The standard InChI is InChI=1S/C26H47N3O4.C17H32N2O3.C9H17NO2.BH.ClH.U/c1-11-33-25(32)19(6)16-21(17(2)3)28(10)24(31)22(26(7,8)9)27-23(30)20-14-12-13-15-29(20)18(4)5;1-9-22-16(21)12(4)10-13(11(2)3)19(8)15(20)14(18)17(5,6)7;1-7(2)10-6-4-3-5-8(10)9(11)12;;;/h16-18,20-22H,11-15H2,1-10H3,(H,27,30);10-11,13-14H,9,18H2,1-8H3;7-8H,3-6H2,1-2H3,(H,11,12);2*1H;/b19-16+;12-10+;;;;/t20-,21-,22-;13-,14-;8-;;;/m111.../s1/i;;;1T;;. The third kappa shape index (κ3) is 24.5. The quantitative estimate of drug-likeness (QED) is 0.0754. The molecule has 2 fully saturated rings. The minimum Gasteiger partial charge on any atom is -0.480 e. The van der Waals surface area contributed by atoms with Crippen molar-refractivity contribution < 1.29 is 74.5 Å². The van der Waals surface area contributed by atoms with Gasteiger partial charge in [0.05, 0.1) is 37.4 Å². The largest absolute Gasteiger partial charge is 0.480 e. The number of amides is 3. The van der Waals surface area contributed by atoms with E-state index in [0.29, 0.717) is 30.4 Å². The van der Waals surface area contributed by atoms with E-state index < -0.39 is 23.5 Å². The van der Waals surface area contributed by atoms with E-state index in [1.165, 1.54) is 0 Å². The number of aliphatic carboxylic acids is 1. The predicted molar refractivity (Wildman–Crippen MR) is 283 cm³/mol. The van der Waals surface area contributed by atoms with E-state index in [9.17, 15) is 28.8 Å². The molecule has 0 aromatic rings. The maximum atomic E-state index is 13.7. The molecular weight excluding hydrogens is 1140 g/mol. The number of halogens is 1. The molecule has 70 heavy (non-hydrogen) atoms. The van der Waals surface area contributed by atoms with Gasteiger partial charge in [-0.15, -0.1) is 12.4 Å². The van der Waals surface area contributed by atoms with E-state index in [4.69, 9.17) is 21.6 Å². The predicted octanol–water partition coefficient (Wildman–Crippen LogP) is 7.23. The zero-order valence-corrected chi connectivity index (χ0v) is 52.0. The molecule has 18 heteroatoms. The van der Waals surface area contributed by atoms with Gasteiger partial charge in [0.2, 0.25) is 17.7 Å². The Morgan fingerprint density at radius 1 is 0.700 bits per heavy atom. The smallest absolute Gasteiger partial charge is 0.333 e. The molecule has 0 aromatic carbocycles. The summed E-state index contributed by atoms with van der Waals surface area (Å²) in [6.45, 7) is 37.5. The van der Waals surface area contributed by atoms with Crippen molar-refractivity contribution in [2.24, 2.45) is 28.4 Å². The SMILES string of the molecule is CC(C)N1CCCC[C@@H]1C(=O)O.CCOC(=O)/C(C)=C/[C@H](C(C)C)N(C)C(=O)[C@@H](N)C(C)(C)C.CCOC(=O)/C(C)=C/[C@H](C(C)C)N(C)C(=O)[C@@H](NC(=O)[C@H]1CCCCN1C(C)C)C(C)(C)C.Cl.[3H][B].[U]. The van der Waals surface area contributed by atoms with Crippen molar-refractivity contribution in [2.45, 2.75) is 211 Å². The first-order valence-electron chi connectivity index (χ1n) is 25.4. The number of ether oxygens (including phenoxy) is 2. The van der Waals surface area contributed by atoms with Crippen molar-refractivity contribution in [3.8, 4) is 0 Å². The summed E-state index contributed by atoms with van der Waals surface area (Å²) in [5, 5.41) is 12.0. The molecule has 15 nitrogen and oxygen atoms in total. The monoisotopic (exact) mass is 1240 g/mol. The van der Waals surface area contributed by atoms with Crippen LogP contribution in [0.5, 0.6) is 0 Å². The van der Waals surface area contributed by atoms with Gasteiger partial charge in [0.15, 0.2) is 0 Å². The van der Waals surface area contributed by atoms with Gasteiger partial charge in [0.25, 0.3) is 0 Å². The zero-order valence-electron chi connectivity index (χ0n) is 48.1. The van der Waals surface area contributed by atoms with E-state index in [-0.39, 0.29) is 121 Å². The second kappa shape index (κ2) is 34.9. The molecule has 2 aliphatic heterocycles. The Morgan fingerprint density at radius 2 is 1.06 bits per heavy atom. The first-order valence-corrected chi connectivity index (χ1v) is 24.8. The van der Waals surface area contributed by atoms with Crippen molar-refractivity contribution in [3.63, 3.8) is 0 Å². The summed E-state index contributed by atoms with van der Waals surface area (Å²) in [7, 11) is 7.22. The average molecular weight is 1240 g/mol. The first kappa shape index (κ1) is 71.8. The molecule has 0 unspecified atom stereocenters. The van der Waals surface area contributed by atoms with Crippen molar-refractivity contribution in [1.82, 2.24) is 24.9 Å². The number of piperidine rings is 2. The number of likely N-dealkylation sites (tertiary alicyclic amines) is 2. The number of nitrogens with two attached hydrogens (primary N) is 1. The molecule has 6 atom stereocenters. The summed E-state index contributed by atoms with van der Waals surface area (Å²) < 4.78 is 15.3. The van der Waals surface area contributed by atoms with Crippen LogP contribution in [-0.2, 0) is 38.2 Å². The van der Waals surface area contributed by atoms with E-state index in [1.807, 2.05) is 69.2 Å². The van der Waals surface area contributed by atoms with Crippen LogP contribution in [0.3, 0.4) is 0 Å². The van der Waals surface area contributed by atoms with Gasteiger partial charge in [-0.2, -0.15) is 0 Å². The van der Waals surface area contributed by atoms with E-state index >= 15 is 0 Å². The maximum Gasteiger partial charge on any atom is 0.333 e. The molecule has 2 heterocycles. The van der Waals surface area contributed by atoms with E-state index in [2.05, 4.69) is 51.2 Å². The molecule has 0 bridgehead atoms. The molecule has 404 valence electrons. The van der Waals surface area contributed by atoms with Crippen LogP contribution >= 0.6 is 12.4 Å². The molecule has 0 saturated carbocycles. The number of carboxylic acid groups (broad SMARTS) is 1. The van der Waals surface area contributed by atoms with E-state index in [1.54, 1.807) is 63.7 Å². The van der Waals surface area contributed by atoms with Gasteiger partial charge in [0.1, 0.15) is 12.1 Å². The van der Waals surface area contributed by atoms with Gasteiger partial charge in [-0.3, -0.25) is 29.0 Å². The Morgan fingerprint density at radius 3 is 1.36 bits per heavy atom. The van der Waals surface area contributed by atoms with Crippen LogP contribution in [0.2, 0.25) is 0 Å². The molecule has 3 amide bonds. The number of carbonyl (C=O) groups is 6. The zero-order chi connectivity index (χ0) is 54.3. The summed E-state index contributed by atoms with van der Waals surface area (Å²) in [5.74, 6) is -1.52. The average Bonchev–Trinajstić information content (AvgIpc) is 3.27. The van der Waals surface area contributed by atoms with Crippen molar-refractivity contribution in [2.75, 3.05) is 40.4 Å². The van der Waals surface area contributed by atoms with Crippen molar-refractivity contribution in [1.29, 1.82) is 1.34 Å². The number of hydrogen-bond acceptors (Lipinski definition) is 11. The van der Waals surface area contributed by atoms with Crippen LogP contribution in [0, 0.1) is 53.8 Å². The molecule has 0 aromatic heterocycles. The minimum absolute atomic E-state index is 0.